The van der Waals surface area contributed by atoms with Gasteiger partial charge in [-0.1, -0.05) is 38.1 Å². The second kappa shape index (κ2) is 4.84. The fraction of sp³-hybridized carbons (Fsp3) is 0.250. The molecule has 0 aliphatic rings. The van der Waals surface area contributed by atoms with Gasteiger partial charge in [0.1, 0.15) is 5.82 Å². The molecule has 19 heavy (non-hydrogen) atoms. The highest BCUT2D eigenvalue weighted by Gasteiger charge is 2.05. The van der Waals surface area contributed by atoms with Gasteiger partial charge in [0.15, 0.2) is 0 Å². The second-order valence-corrected chi connectivity index (χ2v) is 5.27. The van der Waals surface area contributed by atoms with E-state index in [1.807, 2.05) is 6.07 Å². The van der Waals surface area contributed by atoms with Gasteiger partial charge < -0.3 is 4.98 Å². The van der Waals surface area contributed by atoms with Crippen LogP contribution in [-0.2, 0) is 6.42 Å². The summed E-state index contributed by atoms with van der Waals surface area (Å²) in [7, 11) is 0. The first-order chi connectivity index (χ1) is 9.22. The molecule has 0 atom stereocenters. The molecule has 3 heteroatoms. The largest absolute Gasteiger partial charge is 0.337 e. The number of fused-ring (bicyclic) bond motifs is 1. The molecule has 3 aromatic rings. The van der Waals surface area contributed by atoms with E-state index in [2.05, 4.69) is 53.1 Å². The number of aromatic nitrogens is 3. The fourth-order valence-corrected chi connectivity index (χ4v) is 2.26. The molecule has 0 saturated carbocycles. The molecule has 0 spiro atoms. The molecule has 2 aromatic heterocycles. The maximum absolute atomic E-state index is 4.58. The van der Waals surface area contributed by atoms with Gasteiger partial charge in [0.25, 0.3) is 0 Å². The lowest BCUT2D eigenvalue weighted by molar-refractivity contribution is 0.647. The zero-order valence-corrected chi connectivity index (χ0v) is 11.2. The summed E-state index contributed by atoms with van der Waals surface area (Å²) in [5.41, 5.74) is 4.42. The molecule has 0 amide bonds. The lowest BCUT2D eigenvalue weighted by Gasteiger charge is -2.05. The van der Waals surface area contributed by atoms with Crippen molar-refractivity contribution in [2.24, 2.45) is 5.92 Å². The molecule has 2 heterocycles. The van der Waals surface area contributed by atoms with Gasteiger partial charge in [0.2, 0.25) is 0 Å². The van der Waals surface area contributed by atoms with Crippen LogP contribution in [-0.4, -0.2) is 15.0 Å². The summed E-state index contributed by atoms with van der Waals surface area (Å²) in [5, 5.41) is 0. The van der Waals surface area contributed by atoms with Crippen LogP contribution in [0.2, 0.25) is 0 Å². The molecule has 0 aliphatic carbocycles. The molecular formula is C16H17N3. The highest BCUT2D eigenvalue weighted by atomic mass is 14.9. The Bertz CT molecular complexity index is 648. The fourth-order valence-electron chi connectivity index (χ4n) is 2.26. The number of benzene rings is 1. The van der Waals surface area contributed by atoms with E-state index in [1.165, 1.54) is 5.56 Å². The zero-order chi connectivity index (χ0) is 13.2. The molecule has 0 fully saturated rings. The van der Waals surface area contributed by atoms with E-state index >= 15 is 0 Å². The normalized spacial score (nSPS) is 11.3. The number of hydrogen-bond acceptors (Lipinski definition) is 2. The first-order valence-electron chi connectivity index (χ1n) is 6.61. The quantitative estimate of drug-likeness (QED) is 0.768. The molecule has 0 aliphatic heterocycles. The lowest BCUT2D eigenvalue weighted by Crippen LogP contribution is -1.93. The molecule has 0 saturated heterocycles. The number of aromatic amines is 1. The van der Waals surface area contributed by atoms with Gasteiger partial charge >= 0.3 is 0 Å². The summed E-state index contributed by atoms with van der Waals surface area (Å²) in [6.07, 6.45) is 4.68. The van der Waals surface area contributed by atoms with E-state index in [-0.39, 0.29) is 0 Å². The Hall–Kier alpha value is -2.16. The number of pyridine rings is 1. The number of rotatable bonds is 3. The van der Waals surface area contributed by atoms with Gasteiger partial charge in [-0.3, -0.25) is 4.98 Å². The standard InChI is InChI=1S/C16H17N3/c1-11(2)9-12-3-5-13(6-4-12)16-18-14-7-8-17-10-15(14)19-16/h3-8,10-11H,9H2,1-2H3,(H,18,19). The van der Waals surface area contributed by atoms with Gasteiger partial charge in [-0.2, -0.15) is 0 Å². The first kappa shape index (κ1) is 11.9. The third-order valence-corrected chi connectivity index (χ3v) is 3.15. The smallest absolute Gasteiger partial charge is 0.138 e. The van der Waals surface area contributed by atoms with E-state index in [0.29, 0.717) is 5.92 Å². The molecule has 3 rings (SSSR count). The van der Waals surface area contributed by atoms with E-state index in [0.717, 1.165) is 28.8 Å². The van der Waals surface area contributed by atoms with E-state index in [1.54, 1.807) is 12.4 Å². The first-order valence-corrected chi connectivity index (χ1v) is 6.61. The van der Waals surface area contributed by atoms with Gasteiger partial charge in [0.05, 0.1) is 17.2 Å². The van der Waals surface area contributed by atoms with Crippen LogP contribution in [0.3, 0.4) is 0 Å². The van der Waals surface area contributed by atoms with E-state index in [4.69, 9.17) is 0 Å². The number of hydrogen-bond donors (Lipinski definition) is 1. The number of imidazole rings is 1. The van der Waals surface area contributed by atoms with E-state index in [9.17, 15) is 0 Å². The van der Waals surface area contributed by atoms with Crippen LogP contribution >= 0.6 is 0 Å². The molecule has 0 bridgehead atoms. The Morgan fingerprint density at radius 1 is 1.11 bits per heavy atom. The van der Waals surface area contributed by atoms with Crippen LogP contribution in [0.15, 0.2) is 42.7 Å². The van der Waals surface area contributed by atoms with Crippen molar-refractivity contribution in [3.05, 3.63) is 48.3 Å². The average Bonchev–Trinajstić information content (AvgIpc) is 2.82. The van der Waals surface area contributed by atoms with Crippen LogP contribution in [0.25, 0.3) is 22.4 Å². The minimum atomic E-state index is 0.683. The van der Waals surface area contributed by atoms with Gasteiger partial charge in [-0.25, -0.2) is 4.98 Å². The Labute approximate surface area is 112 Å². The molecule has 96 valence electrons. The summed E-state index contributed by atoms with van der Waals surface area (Å²) in [6, 6.07) is 10.5. The van der Waals surface area contributed by atoms with Crippen molar-refractivity contribution < 1.29 is 0 Å². The molecule has 0 radical (unpaired) electrons. The molecule has 3 nitrogen and oxygen atoms in total. The van der Waals surface area contributed by atoms with Crippen molar-refractivity contribution in [2.45, 2.75) is 20.3 Å². The Morgan fingerprint density at radius 3 is 2.58 bits per heavy atom. The van der Waals surface area contributed by atoms with Crippen LogP contribution < -0.4 is 0 Å². The Morgan fingerprint density at radius 2 is 1.89 bits per heavy atom. The van der Waals surface area contributed by atoms with Crippen LogP contribution in [0, 0.1) is 5.92 Å². The van der Waals surface area contributed by atoms with Crippen molar-refractivity contribution in [1.82, 2.24) is 15.0 Å². The van der Waals surface area contributed by atoms with Crippen molar-refractivity contribution >= 4 is 11.0 Å². The molecule has 1 aromatic carbocycles. The summed E-state index contributed by atoms with van der Waals surface area (Å²) < 4.78 is 0. The number of nitrogens with zero attached hydrogens (tertiary/aromatic N) is 2. The Kier molecular flexibility index (Phi) is 3.03. The monoisotopic (exact) mass is 251 g/mol. The van der Waals surface area contributed by atoms with Gasteiger partial charge in [-0.15, -0.1) is 0 Å². The minimum absolute atomic E-state index is 0.683. The highest BCUT2D eigenvalue weighted by molar-refractivity contribution is 5.78. The van der Waals surface area contributed by atoms with Crippen molar-refractivity contribution in [3.63, 3.8) is 0 Å². The maximum atomic E-state index is 4.58. The number of nitrogens with one attached hydrogen (secondary N) is 1. The molecule has 0 unspecified atom stereocenters. The average molecular weight is 251 g/mol. The van der Waals surface area contributed by atoms with Gasteiger partial charge in [-0.05, 0) is 24.0 Å². The predicted octanol–water partition coefficient (Wildman–Crippen LogP) is 3.82. The van der Waals surface area contributed by atoms with Crippen LogP contribution in [0.1, 0.15) is 19.4 Å². The van der Waals surface area contributed by atoms with Crippen molar-refractivity contribution in [2.75, 3.05) is 0 Å². The van der Waals surface area contributed by atoms with Crippen LogP contribution in [0.4, 0.5) is 0 Å². The second-order valence-electron chi connectivity index (χ2n) is 5.27. The number of H-pyrrole nitrogens is 1. The lowest BCUT2D eigenvalue weighted by atomic mass is 10.0. The topological polar surface area (TPSA) is 41.6 Å². The van der Waals surface area contributed by atoms with Gasteiger partial charge in [0, 0.05) is 11.8 Å². The molecular weight excluding hydrogens is 234 g/mol. The summed E-state index contributed by atoms with van der Waals surface area (Å²) in [6.45, 7) is 4.47. The SMILES string of the molecule is CC(C)Cc1ccc(-c2nc3ccncc3[nH]2)cc1. The molecule has 1 N–H and O–H groups in total. The van der Waals surface area contributed by atoms with E-state index < -0.39 is 0 Å². The van der Waals surface area contributed by atoms with Crippen molar-refractivity contribution in [3.8, 4) is 11.4 Å². The maximum Gasteiger partial charge on any atom is 0.138 e. The Balaban J connectivity index is 1.93. The van der Waals surface area contributed by atoms with Crippen LogP contribution in [0.5, 0.6) is 0 Å². The van der Waals surface area contributed by atoms with Crippen molar-refractivity contribution in [1.29, 1.82) is 0 Å². The zero-order valence-electron chi connectivity index (χ0n) is 11.2. The summed E-state index contributed by atoms with van der Waals surface area (Å²) in [4.78, 5) is 12.0. The minimum Gasteiger partial charge on any atom is -0.337 e. The highest BCUT2D eigenvalue weighted by Crippen LogP contribution is 2.20. The summed E-state index contributed by atoms with van der Waals surface area (Å²) >= 11 is 0. The summed E-state index contributed by atoms with van der Waals surface area (Å²) in [5.74, 6) is 1.59. The third kappa shape index (κ3) is 2.50. The predicted molar refractivity (Wildman–Crippen MR) is 77.9 cm³/mol. The third-order valence-electron chi connectivity index (χ3n) is 3.15.